The Balaban J connectivity index is 1.74. The summed E-state index contributed by atoms with van der Waals surface area (Å²) >= 11 is 0. The Hall–Kier alpha value is -1.53. The van der Waals surface area contributed by atoms with Gasteiger partial charge < -0.3 is 10.6 Å². The smallest absolute Gasteiger partial charge is 0.234 e. The SMILES string of the molecule is Cc1nccc(CNC(=O)CN2CCNCC2)n1. The largest absolute Gasteiger partial charge is 0.349 e. The molecule has 18 heavy (non-hydrogen) atoms. The van der Waals surface area contributed by atoms with Crippen LogP contribution < -0.4 is 10.6 Å². The molecule has 6 heteroatoms. The van der Waals surface area contributed by atoms with Crippen LogP contribution in [0.1, 0.15) is 11.5 Å². The highest BCUT2D eigenvalue weighted by atomic mass is 16.2. The number of hydrogen-bond donors (Lipinski definition) is 2. The topological polar surface area (TPSA) is 70.2 Å². The molecule has 1 aromatic rings. The maximum atomic E-state index is 11.8. The van der Waals surface area contributed by atoms with Gasteiger partial charge in [0.05, 0.1) is 18.8 Å². The second-order valence-corrected chi connectivity index (χ2v) is 4.40. The summed E-state index contributed by atoms with van der Waals surface area (Å²) in [6.45, 7) is 6.54. The number of amides is 1. The molecule has 0 saturated carbocycles. The number of nitrogens with one attached hydrogen (secondary N) is 2. The quantitative estimate of drug-likeness (QED) is 0.739. The van der Waals surface area contributed by atoms with E-state index in [0.717, 1.165) is 37.7 Å². The Morgan fingerprint density at radius 1 is 1.50 bits per heavy atom. The third-order valence-corrected chi connectivity index (χ3v) is 2.88. The Morgan fingerprint density at radius 2 is 2.28 bits per heavy atom. The van der Waals surface area contributed by atoms with Gasteiger partial charge in [0.1, 0.15) is 5.82 Å². The number of aryl methyl sites for hydroxylation is 1. The van der Waals surface area contributed by atoms with E-state index < -0.39 is 0 Å². The van der Waals surface area contributed by atoms with Gasteiger partial charge in [-0.3, -0.25) is 9.69 Å². The molecule has 2 heterocycles. The van der Waals surface area contributed by atoms with Gasteiger partial charge >= 0.3 is 0 Å². The summed E-state index contributed by atoms with van der Waals surface area (Å²) in [5.74, 6) is 0.775. The minimum Gasteiger partial charge on any atom is -0.349 e. The second-order valence-electron chi connectivity index (χ2n) is 4.40. The van der Waals surface area contributed by atoms with Crippen molar-refractivity contribution in [2.24, 2.45) is 0 Å². The molecule has 1 aliphatic rings. The zero-order valence-electron chi connectivity index (χ0n) is 10.6. The lowest BCUT2D eigenvalue weighted by Gasteiger charge is -2.26. The number of carbonyl (C=O) groups is 1. The van der Waals surface area contributed by atoms with Gasteiger partial charge in [-0.2, -0.15) is 0 Å². The molecule has 0 aliphatic carbocycles. The lowest BCUT2D eigenvalue weighted by Crippen LogP contribution is -2.47. The van der Waals surface area contributed by atoms with E-state index >= 15 is 0 Å². The Morgan fingerprint density at radius 3 is 3.00 bits per heavy atom. The Bertz CT molecular complexity index is 403. The van der Waals surface area contributed by atoms with Gasteiger partial charge in [-0.05, 0) is 13.0 Å². The first-order valence-corrected chi connectivity index (χ1v) is 6.22. The molecular formula is C12H19N5O. The van der Waals surface area contributed by atoms with Crippen molar-refractivity contribution in [3.8, 4) is 0 Å². The van der Waals surface area contributed by atoms with Crippen molar-refractivity contribution in [2.45, 2.75) is 13.5 Å². The third-order valence-electron chi connectivity index (χ3n) is 2.88. The first-order valence-electron chi connectivity index (χ1n) is 6.22. The molecule has 0 unspecified atom stereocenters. The van der Waals surface area contributed by atoms with E-state index in [4.69, 9.17) is 0 Å². The summed E-state index contributed by atoms with van der Waals surface area (Å²) in [4.78, 5) is 22.2. The number of carbonyl (C=O) groups excluding carboxylic acids is 1. The summed E-state index contributed by atoms with van der Waals surface area (Å²) in [5.41, 5.74) is 0.844. The van der Waals surface area contributed by atoms with Gasteiger partial charge in [-0.15, -0.1) is 0 Å². The van der Waals surface area contributed by atoms with Gasteiger partial charge in [0, 0.05) is 32.4 Å². The number of rotatable bonds is 4. The number of piperazine rings is 1. The van der Waals surface area contributed by atoms with Gasteiger partial charge in [-0.25, -0.2) is 9.97 Å². The lowest BCUT2D eigenvalue weighted by atomic mass is 10.3. The molecule has 2 N–H and O–H groups in total. The van der Waals surface area contributed by atoms with Crippen molar-refractivity contribution in [3.05, 3.63) is 23.8 Å². The van der Waals surface area contributed by atoms with Crippen LogP contribution in [-0.2, 0) is 11.3 Å². The van der Waals surface area contributed by atoms with Crippen LogP contribution in [0, 0.1) is 6.92 Å². The van der Waals surface area contributed by atoms with E-state index in [2.05, 4.69) is 25.5 Å². The highest BCUT2D eigenvalue weighted by Gasteiger charge is 2.13. The molecule has 6 nitrogen and oxygen atoms in total. The van der Waals surface area contributed by atoms with Crippen LogP contribution in [-0.4, -0.2) is 53.5 Å². The van der Waals surface area contributed by atoms with E-state index in [-0.39, 0.29) is 5.91 Å². The molecule has 1 fully saturated rings. The normalized spacial score (nSPS) is 16.5. The summed E-state index contributed by atoms with van der Waals surface area (Å²) in [6.07, 6.45) is 1.71. The standard InChI is InChI=1S/C12H19N5O/c1-10-14-3-2-11(16-10)8-15-12(18)9-17-6-4-13-5-7-17/h2-3,13H,4-9H2,1H3,(H,15,18). The predicted molar refractivity (Wildman–Crippen MR) is 67.9 cm³/mol. The molecule has 1 aromatic heterocycles. The van der Waals surface area contributed by atoms with Crippen molar-refractivity contribution in [1.29, 1.82) is 0 Å². The number of aromatic nitrogens is 2. The number of hydrogen-bond acceptors (Lipinski definition) is 5. The van der Waals surface area contributed by atoms with Crippen molar-refractivity contribution in [1.82, 2.24) is 25.5 Å². The van der Waals surface area contributed by atoms with Crippen molar-refractivity contribution >= 4 is 5.91 Å². The van der Waals surface area contributed by atoms with Gasteiger partial charge in [0.15, 0.2) is 0 Å². The molecule has 0 atom stereocenters. The molecule has 0 bridgehead atoms. The molecule has 2 rings (SSSR count). The van der Waals surface area contributed by atoms with E-state index in [1.54, 1.807) is 6.20 Å². The maximum absolute atomic E-state index is 11.8. The van der Waals surface area contributed by atoms with E-state index in [1.165, 1.54) is 0 Å². The molecule has 1 aliphatic heterocycles. The van der Waals surface area contributed by atoms with Crippen LogP contribution in [0.4, 0.5) is 0 Å². The van der Waals surface area contributed by atoms with Crippen LogP contribution >= 0.6 is 0 Å². The van der Waals surface area contributed by atoms with Crippen LogP contribution in [0.25, 0.3) is 0 Å². The Kier molecular flexibility index (Phi) is 4.60. The average Bonchev–Trinajstić information content (AvgIpc) is 2.38. The third kappa shape index (κ3) is 4.05. The molecule has 0 spiro atoms. The van der Waals surface area contributed by atoms with Crippen LogP contribution in [0.15, 0.2) is 12.3 Å². The molecular weight excluding hydrogens is 230 g/mol. The summed E-state index contributed by atoms with van der Waals surface area (Å²) < 4.78 is 0. The first kappa shape index (κ1) is 12.9. The van der Waals surface area contributed by atoms with Gasteiger partial charge in [0.25, 0.3) is 0 Å². The molecule has 98 valence electrons. The predicted octanol–water partition coefficient (Wildman–Crippen LogP) is -0.694. The fourth-order valence-electron chi connectivity index (χ4n) is 1.92. The number of nitrogens with zero attached hydrogens (tertiary/aromatic N) is 3. The zero-order valence-corrected chi connectivity index (χ0v) is 10.6. The zero-order chi connectivity index (χ0) is 12.8. The van der Waals surface area contributed by atoms with Crippen molar-refractivity contribution < 1.29 is 4.79 Å². The van der Waals surface area contributed by atoms with Crippen LogP contribution in [0.2, 0.25) is 0 Å². The van der Waals surface area contributed by atoms with Gasteiger partial charge in [0.2, 0.25) is 5.91 Å². The van der Waals surface area contributed by atoms with E-state index in [1.807, 2.05) is 13.0 Å². The highest BCUT2D eigenvalue weighted by Crippen LogP contribution is 1.95. The lowest BCUT2D eigenvalue weighted by molar-refractivity contribution is -0.122. The molecule has 0 radical (unpaired) electrons. The second kappa shape index (κ2) is 6.42. The van der Waals surface area contributed by atoms with Crippen LogP contribution in [0.3, 0.4) is 0 Å². The van der Waals surface area contributed by atoms with Crippen LogP contribution in [0.5, 0.6) is 0 Å². The average molecular weight is 249 g/mol. The van der Waals surface area contributed by atoms with E-state index in [9.17, 15) is 4.79 Å². The molecule has 1 saturated heterocycles. The fraction of sp³-hybridized carbons (Fsp3) is 0.583. The summed E-state index contributed by atoms with van der Waals surface area (Å²) in [5, 5.41) is 6.14. The minimum absolute atomic E-state index is 0.0492. The minimum atomic E-state index is 0.0492. The summed E-state index contributed by atoms with van der Waals surface area (Å²) in [6, 6.07) is 1.82. The van der Waals surface area contributed by atoms with E-state index in [0.29, 0.717) is 13.1 Å². The Labute approximate surface area is 107 Å². The maximum Gasteiger partial charge on any atom is 0.234 e. The molecule has 1 amide bonds. The molecule has 0 aromatic carbocycles. The fourth-order valence-corrected chi connectivity index (χ4v) is 1.92. The van der Waals surface area contributed by atoms with Crippen molar-refractivity contribution in [2.75, 3.05) is 32.7 Å². The van der Waals surface area contributed by atoms with Crippen molar-refractivity contribution in [3.63, 3.8) is 0 Å². The summed E-state index contributed by atoms with van der Waals surface area (Å²) in [7, 11) is 0. The highest BCUT2D eigenvalue weighted by molar-refractivity contribution is 5.77. The monoisotopic (exact) mass is 249 g/mol. The van der Waals surface area contributed by atoms with Gasteiger partial charge in [-0.1, -0.05) is 0 Å². The first-order chi connectivity index (χ1) is 8.74.